The van der Waals surface area contributed by atoms with Crippen LogP contribution in [-0.2, 0) is 0 Å². The zero-order chi connectivity index (χ0) is 12.6. The van der Waals surface area contributed by atoms with Crippen molar-refractivity contribution in [3.8, 4) is 0 Å². The first-order chi connectivity index (χ1) is 8.00. The van der Waals surface area contributed by atoms with Gasteiger partial charge < -0.3 is 0 Å². The van der Waals surface area contributed by atoms with Crippen LogP contribution in [-0.4, -0.2) is 15.6 Å². The van der Waals surface area contributed by atoms with E-state index < -0.39 is 0 Å². The SMILES string of the molecule is CC(=O)c1c(C)nn(C2CCCC(C)C2)c1C. The molecule has 1 aromatic heterocycles. The van der Waals surface area contributed by atoms with Gasteiger partial charge in [0, 0.05) is 5.69 Å². The lowest BCUT2D eigenvalue weighted by atomic mass is 9.87. The molecule has 0 aliphatic heterocycles. The second-order valence-corrected chi connectivity index (χ2v) is 5.47. The molecular weight excluding hydrogens is 212 g/mol. The van der Waals surface area contributed by atoms with Gasteiger partial charge in [0.1, 0.15) is 0 Å². The molecule has 1 heterocycles. The molecule has 3 nitrogen and oxygen atoms in total. The molecule has 1 aromatic rings. The van der Waals surface area contributed by atoms with Crippen LogP contribution in [0.3, 0.4) is 0 Å². The summed E-state index contributed by atoms with van der Waals surface area (Å²) in [5, 5.41) is 4.59. The smallest absolute Gasteiger partial charge is 0.163 e. The number of hydrogen-bond donors (Lipinski definition) is 0. The molecular formula is C14H22N2O. The van der Waals surface area contributed by atoms with Crippen LogP contribution in [0, 0.1) is 19.8 Å². The second-order valence-electron chi connectivity index (χ2n) is 5.47. The fraction of sp³-hybridized carbons (Fsp3) is 0.714. The summed E-state index contributed by atoms with van der Waals surface area (Å²) in [5.41, 5.74) is 2.76. The van der Waals surface area contributed by atoms with Crippen LogP contribution in [0.1, 0.15) is 67.3 Å². The molecule has 1 saturated carbocycles. The minimum Gasteiger partial charge on any atom is -0.294 e. The van der Waals surface area contributed by atoms with Gasteiger partial charge in [0.15, 0.2) is 5.78 Å². The van der Waals surface area contributed by atoms with Crippen LogP contribution in [0.15, 0.2) is 0 Å². The van der Waals surface area contributed by atoms with Crippen molar-refractivity contribution in [3.63, 3.8) is 0 Å². The van der Waals surface area contributed by atoms with Crippen molar-refractivity contribution >= 4 is 5.78 Å². The molecule has 0 spiro atoms. The van der Waals surface area contributed by atoms with Crippen LogP contribution in [0.25, 0.3) is 0 Å². The Kier molecular flexibility index (Phi) is 3.36. The predicted molar refractivity (Wildman–Crippen MR) is 68.4 cm³/mol. The van der Waals surface area contributed by atoms with Gasteiger partial charge >= 0.3 is 0 Å². The normalized spacial score (nSPS) is 24.9. The van der Waals surface area contributed by atoms with Gasteiger partial charge in [0.05, 0.1) is 17.3 Å². The number of rotatable bonds is 2. The summed E-state index contributed by atoms with van der Waals surface area (Å²) in [6.45, 7) is 7.90. The summed E-state index contributed by atoms with van der Waals surface area (Å²) in [6.07, 6.45) is 5.00. The number of carbonyl (C=O) groups is 1. The van der Waals surface area contributed by atoms with Crippen molar-refractivity contribution in [2.75, 3.05) is 0 Å². The third kappa shape index (κ3) is 2.28. The minimum atomic E-state index is 0.134. The quantitative estimate of drug-likeness (QED) is 0.734. The van der Waals surface area contributed by atoms with Gasteiger partial charge in [-0.3, -0.25) is 9.48 Å². The van der Waals surface area contributed by atoms with Crippen LogP contribution < -0.4 is 0 Å². The van der Waals surface area contributed by atoms with E-state index in [1.165, 1.54) is 25.7 Å². The van der Waals surface area contributed by atoms with E-state index in [0.717, 1.165) is 22.9 Å². The average molecular weight is 234 g/mol. The van der Waals surface area contributed by atoms with Gasteiger partial charge in [-0.1, -0.05) is 19.8 Å². The maximum absolute atomic E-state index is 11.6. The van der Waals surface area contributed by atoms with Crippen LogP contribution in [0.2, 0.25) is 0 Å². The molecule has 3 heteroatoms. The van der Waals surface area contributed by atoms with Crippen molar-refractivity contribution in [2.45, 2.75) is 59.4 Å². The Hall–Kier alpha value is -1.12. The molecule has 0 N–H and O–H groups in total. The average Bonchev–Trinajstić information content (AvgIpc) is 2.54. The highest BCUT2D eigenvalue weighted by atomic mass is 16.1. The first-order valence-electron chi connectivity index (χ1n) is 6.57. The lowest BCUT2D eigenvalue weighted by Crippen LogP contribution is -2.19. The summed E-state index contributed by atoms with van der Waals surface area (Å²) in [7, 11) is 0. The van der Waals surface area contributed by atoms with E-state index in [0.29, 0.717) is 6.04 Å². The minimum absolute atomic E-state index is 0.134. The number of nitrogens with zero attached hydrogens (tertiary/aromatic N) is 2. The second kappa shape index (κ2) is 4.63. The first kappa shape index (κ1) is 12.3. The predicted octanol–water partition coefficient (Wildman–Crippen LogP) is 3.45. The molecule has 1 aliphatic carbocycles. The number of Topliss-reactive ketones (excluding diaryl/α,β-unsaturated/α-hetero) is 1. The summed E-state index contributed by atoms with van der Waals surface area (Å²) in [4.78, 5) is 11.6. The highest BCUT2D eigenvalue weighted by molar-refractivity contribution is 5.96. The lowest BCUT2D eigenvalue weighted by Gasteiger charge is -2.27. The fourth-order valence-corrected chi connectivity index (χ4v) is 3.15. The van der Waals surface area contributed by atoms with Crippen molar-refractivity contribution in [1.29, 1.82) is 0 Å². The van der Waals surface area contributed by atoms with Gasteiger partial charge in [-0.25, -0.2) is 0 Å². The van der Waals surface area contributed by atoms with Gasteiger partial charge in [-0.15, -0.1) is 0 Å². The van der Waals surface area contributed by atoms with E-state index in [1.807, 2.05) is 13.8 Å². The summed E-state index contributed by atoms with van der Waals surface area (Å²) in [5.74, 6) is 0.911. The molecule has 2 atom stereocenters. The van der Waals surface area contributed by atoms with E-state index in [-0.39, 0.29) is 5.78 Å². The highest BCUT2D eigenvalue weighted by Crippen LogP contribution is 2.33. The number of aromatic nitrogens is 2. The van der Waals surface area contributed by atoms with E-state index in [2.05, 4.69) is 16.7 Å². The van der Waals surface area contributed by atoms with Crippen molar-refractivity contribution < 1.29 is 4.79 Å². The number of carbonyl (C=O) groups excluding carboxylic acids is 1. The monoisotopic (exact) mass is 234 g/mol. The number of hydrogen-bond acceptors (Lipinski definition) is 2. The maximum atomic E-state index is 11.6. The van der Waals surface area contributed by atoms with Crippen molar-refractivity contribution in [2.24, 2.45) is 5.92 Å². The van der Waals surface area contributed by atoms with Crippen LogP contribution in [0.4, 0.5) is 0 Å². The summed E-state index contributed by atoms with van der Waals surface area (Å²) >= 11 is 0. The Balaban J connectivity index is 2.33. The molecule has 0 amide bonds. The topological polar surface area (TPSA) is 34.9 Å². The van der Waals surface area contributed by atoms with E-state index in [9.17, 15) is 4.79 Å². The molecule has 0 bridgehead atoms. The van der Waals surface area contributed by atoms with E-state index in [1.54, 1.807) is 6.92 Å². The standard InChI is InChI=1S/C14H22N2O/c1-9-6-5-7-13(8-9)16-11(3)14(12(4)17)10(2)15-16/h9,13H,5-8H2,1-4H3. The first-order valence-corrected chi connectivity index (χ1v) is 6.57. The number of ketones is 1. The molecule has 2 unspecified atom stereocenters. The largest absolute Gasteiger partial charge is 0.294 e. The molecule has 94 valence electrons. The molecule has 0 radical (unpaired) electrons. The zero-order valence-electron chi connectivity index (χ0n) is 11.3. The fourth-order valence-electron chi connectivity index (χ4n) is 3.15. The van der Waals surface area contributed by atoms with E-state index in [4.69, 9.17) is 0 Å². The third-order valence-electron chi connectivity index (χ3n) is 3.93. The summed E-state index contributed by atoms with van der Waals surface area (Å²) < 4.78 is 2.10. The zero-order valence-corrected chi connectivity index (χ0v) is 11.3. The Bertz CT molecular complexity index is 434. The van der Waals surface area contributed by atoms with Crippen molar-refractivity contribution in [3.05, 3.63) is 17.0 Å². The summed E-state index contributed by atoms with van der Waals surface area (Å²) in [6, 6.07) is 0.491. The van der Waals surface area contributed by atoms with Gasteiger partial charge in [0.2, 0.25) is 0 Å². The Morgan fingerprint density at radius 1 is 1.35 bits per heavy atom. The van der Waals surface area contributed by atoms with Crippen LogP contribution in [0.5, 0.6) is 0 Å². The molecule has 0 aromatic carbocycles. The molecule has 17 heavy (non-hydrogen) atoms. The van der Waals surface area contributed by atoms with Gasteiger partial charge in [-0.05, 0) is 39.5 Å². The Labute approximate surface area is 103 Å². The van der Waals surface area contributed by atoms with Crippen LogP contribution >= 0.6 is 0 Å². The third-order valence-corrected chi connectivity index (χ3v) is 3.93. The molecule has 1 aliphatic rings. The molecule has 0 saturated heterocycles. The Morgan fingerprint density at radius 3 is 2.59 bits per heavy atom. The highest BCUT2D eigenvalue weighted by Gasteiger charge is 2.25. The molecule has 2 rings (SSSR count). The van der Waals surface area contributed by atoms with Crippen molar-refractivity contribution in [1.82, 2.24) is 9.78 Å². The molecule has 1 fully saturated rings. The van der Waals surface area contributed by atoms with E-state index >= 15 is 0 Å². The lowest BCUT2D eigenvalue weighted by molar-refractivity contribution is 0.101. The Morgan fingerprint density at radius 2 is 2.06 bits per heavy atom. The van der Waals surface area contributed by atoms with Gasteiger partial charge in [0.25, 0.3) is 0 Å². The maximum Gasteiger partial charge on any atom is 0.163 e. The number of aryl methyl sites for hydroxylation is 1. The van der Waals surface area contributed by atoms with Gasteiger partial charge in [-0.2, -0.15) is 5.10 Å².